The summed E-state index contributed by atoms with van der Waals surface area (Å²) in [4.78, 5) is 25.9. The first-order valence-electron chi connectivity index (χ1n) is 9.76. The van der Waals surface area contributed by atoms with Crippen LogP contribution in [0.1, 0.15) is 29.9 Å². The van der Waals surface area contributed by atoms with E-state index in [-0.39, 0.29) is 5.91 Å². The summed E-state index contributed by atoms with van der Waals surface area (Å²) in [5.41, 5.74) is 1.99. The number of hydrogen-bond donors (Lipinski definition) is 0. The number of carbonyl (C=O) groups is 1. The van der Waals surface area contributed by atoms with Crippen molar-refractivity contribution in [1.82, 2.24) is 34.4 Å². The van der Waals surface area contributed by atoms with Gasteiger partial charge in [-0.05, 0) is 12.8 Å². The van der Waals surface area contributed by atoms with Crippen molar-refractivity contribution in [3.63, 3.8) is 0 Å². The van der Waals surface area contributed by atoms with Crippen LogP contribution in [0.2, 0.25) is 5.15 Å². The lowest BCUT2D eigenvalue weighted by molar-refractivity contribution is 0.0746. The third-order valence-electron chi connectivity index (χ3n) is 5.19. The van der Waals surface area contributed by atoms with Crippen LogP contribution in [0.5, 0.6) is 0 Å². The molecular formula is C19H25ClN8O. The number of aromatic nitrogens is 6. The average Bonchev–Trinajstić information content (AvgIpc) is 3.20. The highest BCUT2D eigenvalue weighted by Crippen LogP contribution is 2.26. The largest absolute Gasteiger partial charge is 0.352 e. The van der Waals surface area contributed by atoms with E-state index in [0.29, 0.717) is 55.1 Å². The van der Waals surface area contributed by atoms with E-state index in [0.717, 1.165) is 16.9 Å². The number of hydrogen-bond acceptors (Lipinski definition) is 6. The van der Waals surface area contributed by atoms with Gasteiger partial charge in [-0.25, -0.2) is 9.97 Å². The van der Waals surface area contributed by atoms with Gasteiger partial charge >= 0.3 is 0 Å². The van der Waals surface area contributed by atoms with E-state index in [2.05, 4.69) is 38.9 Å². The first kappa shape index (κ1) is 19.6. The minimum Gasteiger partial charge on any atom is -0.352 e. The van der Waals surface area contributed by atoms with Crippen LogP contribution in [0.3, 0.4) is 0 Å². The molecule has 29 heavy (non-hydrogen) atoms. The fourth-order valence-electron chi connectivity index (χ4n) is 3.74. The Balaban J connectivity index is 1.50. The second-order valence-electron chi connectivity index (χ2n) is 7.81. The molecular weight excluding hydrogens is 392 g/mol. The van der Waals surface area contributed by atoms with E-state index in [4.69, 9.17) is 11.6 Å². The van der Waals surface area contributed by atoms with Crippen LogP contribution in [0, 0.1) is 12.8 Å². The minimum atomic E-state index is -0.0589. The fraction of sp³-hybridized carbons (Fsp3) is 0.526. The Kier molecular flexibility index (Phi) is 5.16. The molecule has 4 rings (SSSR count). The molecule has 10 heteroatoms. The van der Waals surface area contributed by atoms with Gasteiger partial charge in [-0.2, -0.15) is 10.2 Å². The molecule has 0 aromatic carbocycles. The Morgan fingerprint density at radius 2 is 1.93 bits per heavy atom. The van der Waals surface area contributed by atoms with E-state index in [1.807, 2.05) is 18.9 Å². The topological polar surface area (TPSA) is 85.0 Å². The summed E-state index contributed by atoms with van der Waals surface area (Å²) in [6, 6.07) is 0. The van der Waals surface area contributed by atoms with Gasteiger partial charge in [0.05, 0.1) is 22.8 Å². The lowest BCUT2D eigenvalue weighted by atomic mass is 10.2. The Morgan fingerprint density at radius 3 is 2.62 bits per heavy atom. The predicted molar refractivity (Wildman–Crippen MR) is 111 cm³/mol. The summed E-state index contributed by atoms with van der Waals surface area (Å²) < 4.78 is 3.46. The Labute approximate surface area is 174 Å². The number of rotatable bonds is 4. The van der Waals surface area contributed by atoms with Crippen LogP contribution in [0.4, 0.5) is 5.82 Å². The fourth-order valence-corrected chi connectivity index (χ4v) is 4.07. The van der Waals surface area contributed by atoms with Crippen LogP contribution >= 0.6 is 11.6 Å². The molecule has 0 saturated carbocycles. The number of anilines is 1. The summed E-state index contributed by atoms with van der Waals surface area (Å²) in [5, 5.41) is 10.1. The molecule has 1 aliphatic heterocycles. The molecule has 0 spiro atoms. The molecule has 4 heterocycles. The number of halogens is 1. The highest BCUT2D eigenvalue weighted by Gasteiger charge is 2.29. The monoisotopic (exact) mass is 416 g/mol. The van der Waals surface area contributed by atoms with Crippen LogP contribution in [0.25, 0.3) is 11.0 Å². The summed E-state index contributed by atoms with van der Waals surface area (Å²) in [7, 11) is 1.86. The summed E-state index contributed by atoms with van der Waals surface area (Å²) >= 11 is 6.50. The van der Waals surface area contributed by atoms with Gasteiger partial charge < -0.3 is 9.80 Å². The maximum atomic E-state index is 13.1. The van der Waals surface area contributed by atoms with Crippen molar-refractivity contribution in [3.05, 3.63) is 28.9 Å². The van der Waals surface area contributed by atoms with Crippen molar-refractivity contribution in [2.24, 2.45) is 13.0 Å². The average molecular weight is 417 g/mol. The Bertz CT molecular complexity index is 1050. The second kappa shape index (κ2) is 7.62. The van der Waals surface area contributed by atoms with E-state index >= 15 is 0 Å². The number of amides is 1. The molecule has 0 radical (unpaired) electrons. The summed E-state index contributed by atoms with van der Waals surface area (Å²) in [6.45, 7) is 9.28. The molecule has 0 N–H and O–H groups in total. The zero-order chi connectivity index (χ0) is 20.7. The molecule has 9 nitrogen and oxygen atoms in total. The van der Waals surface area contributed by atoms with Crippen molar-refractivity contribution in [2.45, 2.75) is 27.3 Å². The number of fused-ring (bicyclic) bond motifs is 1. The minimum absolute atomic E-state index is 0.0589. The zero-order valence-electron chi connectivity index (χ0n) is 17.1. The van der Waals surface area contributed by atoms with E-state index in [9.17, 15) is 4.79 Å². The predicted octanol–water partition coefficient (Wildman–Crippen LogP) is 2.14. The second-order valence-corrected chi connectivity index (χ2v) is 8.17. The summed E-state index contributed by atoms with van der Waals surface area (Å²) in [6.07, 6.45) is 3.34. The smallest absolute Gasteiger partial charge is 0.259 e. The molecule has 1 aliphatic rings. The van der Waals surface area contributed by atoms with Gasteiger partial charge in [-0.1, -0.05) is 25.4 Å². The third-order valence-corrected chi connectivity index (χ3v) is 5.58. The van der Waals surface area contributed by atoms with Gasteiger partial charge in [0.25, 0.3) is 5.91 Å². The van der Waals surface area contributed by atoms with Crippen molar-refractivity contribution in [2.75, 3.05) is 31.1 Å². The third kappa shape index (κ3) is 3.55. The Morgan fingerprint density at radius 1 is 1.21 bits per heavy atom. The van der Waals surface area contributed by atoms with Crippen LogP contribution < -0.4 is 4.90 Å². The van der Waals surface area contributed by atoms with Crippen LogP contribution in [-0.2, 0) is 13.6 Å². The molecule has 0 atom stereocenters. The molecule has 3 aromatic rings. The first-order chi connectivity index (χ1) is 13.9. The van der Waals surface area contributed by atoms with Gasteiger partial charge in [0.1, 0.15) is 17.3 Å². The quantitative estimate of drug-likeness (QED) is 0.647. The van der Waals surface area contributed by atoms with Crippen molar-refractivity contribution in [1.29, 1.82) is 0 Å². The number of piperazine rings is 1. The highest BCUT2D eigenvalue weighted by atomic mass is 35.5. The number of nitrogens with zero attached hydrogens (tertiary/aromatic N) is 8. The SMILES string of the molecule is Cc1nn(CC(C)C)c(Cl)c1C(=O)N1CCN(c2ncnc3c2cnn3C)CC1. The van der Waals surface area contributed by atoms with Crippen LogP contribution in [0.15, 0.2) is 12.5 Å². The summed E-state index contributed by atoms with van der Waals surface area (Å²) in [5.74, 6) is 1.20. The number of carbonyl (C=O) groups excluding carboxylic acids is 1. The maximum Gasteiger partial charge on any atom is 0.259 e. The van der Waals surface area contributed by atoms with Gasteiger partial charge in [-0.3, -0.25) is 14.2 Å². The molecule has 1 saturated heterocycles. The standard InChI is InChI=1S/C19H25ClN8O/c1-12(2)10-28-16(20)15(13(3)24-28)19(29)27-7-5-26(6-8-27)18-14-9-23-25(4)17(14)21-11-22-18/h9,11-12H,5-8,10H2,1-4H3. The lowest BCUT2D eigenvalue weighted by Gasteiger charge is -2.35. The van der Waals surface area contributed by atoms with Crippen molar-refractivity contribution in [3.8, 4) is 0 Å². The van der Waals surface area contributed by atoms with E-state index < -0.39 is 0 Å². The lowest BCUT2D eigenvalue weighted by Crippen LogP contribution is -2.49. The molecule has 1 fully saturated rings. The Hall–Kier alpha value is -2.68. The molecule has 154 valence electrons. The number of aryl methyl sites for hydroxylation is 2. The molecule has 1 amide bonds. The molecule has 0 aliphatic carbocycles. The van der Waals surface area contributed by atoms with Crippen LogP contribution in [-0.4, -0.2) is 66.5 Å². The van der Waals surface area contributed by atoms with Crippen molar-refractivity contribution >= 4 is 34.4 Å². The zero-order valence-corrected chi connectivity index (χ0v) is 17.9. The van der Waals surface area contributed by atoms with E-state index in [1.165, 1.54) is 0 Å². The van der Waals surface area contributed by atoms with Gasteiger partial charge in [0.15, 0.2) is 5.65 Å². The van der Waals surface area contributed by atoms with E-state index in [1.54, 1.807) is 21.9 Å². The van der Waals surface area contributed by atoms with Crippen molar-refractivity contribution < 1.29 is 4.79 Å². The van der Waals surface area contributed by atoms with Gasteiger partial charge in [0.2, 0.25) is 0 Å². The highest BCUT2D eigenvalue weighted by molar-refractivity contribution is 6.33. The molecule has 3 aromatic heterocycles. The van der Waals surface area contributed by atoms with Gasteiger partial charge in [-0.15, -0.1) is 0 Å². The molecule has 0 unspecified atom stereocenters. The first-order valence-corrected chi connectivity index (χ1v) is 10.1. The maximum absolute atomic E-state index is 13.1. The normalized spacial score (nSPS) is 15.0. The van der Waals surface area contributed by atoms with Gasteiger partial charge in [0, 0.05) is 39.8 Å². The molecule has 0 bridgehead atoms.